The Morgan fingerprint density at radius 1 is 1.63 bits per heavy atom. The molecular formula is C12H19ClN4O2. The van der Waals surface area contributed by atoms with Crippen LogP contribution in [-0.4, -0.2) is 49.2 Å². The summed E-state index contributed by atoms with van der Waals surface area (Å²) in [7, 11) is 1.89. The molecule has 6 nitrogen and oxygen atoms in total. The monoisotopic (exact) mass is 286 g/mol. The first kappa shape index (κ1) is 14.3. The van der Waals surface area contributed by atoms with Gasteiger partial charge in [0.2, 0.25) is 0 Å². The summed E-state index contributed by atoms with van der Waals surface area (Å²) in [6.07, 6.45) is 1.76. The van der Waals surface area contributed by atoms with Gasteiger partial charge >= 0.3 is 0 Å². The molecule has 0 saturated carbocycles. The molecule has 0 amide bonds. The lowest BCUT2D eigenvalue weighted by atomic mass is 10.2. The van der Waals surface area contributed by atoms with Crippen LogP contribution in [0.4, 0.5) is 5.69 Å². The fraction of sp³-hybridized carbons (Fsp3) is 0.667. The van der Waals surface area contributed by atoms with Crippen LogP contribution in [0.25, 0.3) is 0 Å². The molecule has 1 aromatic rings. The molecule has 0 spiro atoms. The number of hydrogen-bond acceptors (Lipinski definition) is 5. The molecule has 2 heterocycles. The van der Waals surface area contributed by atoms with Crippen molar-refractivity contribution in [3.05, 3.63) is 21.6 Å². The van der Waals surface area contributed by atoms with E-state index in [1.807, 2.05) is 14.0 Å². The van der Waals surface area contributed by atoms with E-state index in [0.29, 0.717) is 25.4 Å². The summed E-state index contributed by atoms with van der Waals surface area (Å²) in [5, 5.41) is 7.45. The fourth-order valence-corrected chi connectivity index (χ4v) is 2.46. The van der Waals surface area contributed by atoms with Crippen LogP contribution in [0.2, 0.25) is 5.02 Å². The van der Waals surface area contributed by atoms with Gasteiger partial charge in [-0.05, 0) is 14.0 Å². The number of nitrogens with zero attached hydrogens (tertiary/aromatic N) is 3. The molecule has 1 aromatic heterocycles. The molecule has 0 radical (unpaired) electrons. The zero-order chi connectivity index (χ0) is 13.8. The smallest absolute Gasteiger partial charge is 0.287 e. The first-order chi connectivity index (χ1) is 9.17. The number of morpholine rings is 1. The standard InChI is InChI=1S/C12H19ClN4O2/c1-3-17-12(18)11(13)10(7-15-17)16-4-5-19-9(8-16)6-14-2/h7,9,14H,3-6,8H2,1-2H3. The molecule has 0 bridgehead atoms. The molecule has 0 aliphatic carbocycles. The van der Waals surface area contributed by atoms with Gasteiger partial charge in [-0.3, -0.25) is 4.79 Å². The van der Waals surface area contributed by atoms with Crippen LogP contribution in [-0.2, 0) is 11.3 Å². The highest BCUT2D eigenvalue weighted by Crippen LogP contribution is 2.22. The van der Waals surface area contributed by atoms with Crippen LogP contribution >= 0.6 is 11.6 Å². The van der Waals surface area contributed by atoms with Crippen molar-refractivity contribution in [2.75, 3.05) is 38.2 Å². The predicted octanol–water partition coefficient (Wildman–Crippen LogP) is 0.341. The number of hydrogen-bond donors (Lipinski definition) is 1. The number of nitrogens with one attached hydrogen (secondary N) is 1. The van der Waals surface area contributed by atoms with E-state index in [-0.39, 0.29) is 16.7 Å². The Morgan fingerprint density at radius 3 is 3.11 bits per heavy atom. The Balaban J connectivity index is 2.22. The molecule has 7 heteroatoms. The maximum Gasteiger partial charge on any atom is 0.287 e. The summed E-state index contributed by atoms with van der Waals surface area (Å²) in [6.45, 7) is 5.20. The van der Waals surface area contributed by atoms with Crippen molar-refractivity contribution in [3.8, 4) is 0 Å². The maximum absolute atomic E-state index is 12.0. The topological polar surface area (TPSA) is 59.4 Å². The number of anilines is 1. The quantitative estimate of drug-likeness (QED) is 0.865. The average molecular weight is 287 g/mol. The van der Waals surface area contributed by atoms with E-state index < -0.39 is 0 Å². The van der Waals surface area contributed by atoms with Gasteiger partial charge in [-0.1, -0.05) is 11.6 Å². The zero-order valence-electron chi connectivity index (χ0n) is 11.2. The van der Waals surface area contributed by atoms with Crippen molar-refractivity contribution in [1.29, 1.82) is 0 Å². The van der Waals surface area contributed by atoms with Gasteiger partial charge in [-0.2, -0.15) is 5.10 Å². The second-order valence-corrected chi connectivity index (χ2v) is 4.84. The van der Waals surface area contributed by atoms with E-state index in [1.165, 1.54) is 4.68 Å². The Kier molecular flexibility index (Phi) is 4.79. The van der Waals surface area contributed by atoms with E-state index in [2.05, 4.69) is 15.3 Å². The van der Waals surface area contributed by atoms with Gasteiger partial charge in [0.15, 0.2) is 0 Å². The molecule has 1 saturated heterocycles. The molecule has 1 fully saturated rings. The number of ether oxygens (including phenoxy) is 1. The molecule has 106 valence electrons. The van der Waals surface area contributed by atoms with Gasteiger partial charge in [-0.25, -0.2) is 4.68 Å². The Morgan fingerprint density at radius 2 is 2.42 bits per heavy atom. The third-order valence-electron chi connectivity index (χ3n) is 3.18. The summed E-state index contributed by atoms with van der Waals surface area (Å²) in [5.41, 5.74) is 0.457. The first-order valence-electron chi connectivity index (χ1n) is 6.44. The highest BCUT2D eigenvalue weighted by Gasteiger charge is 2.23. The van der Waals surface area contributed by atoms with Crippen molar-refractivity contribution >= 4 is 17.3 Å². The van der Waals surface area contributed by atoms with Gasteiger partial charge in [0.1, 0.15) is 5.02 Å². The lowest BCUT2D eigenvalue weighted by molar-refractivity contribution is 0.0421. The summed E-state index contributed by atoms with van der Waals surface area (Å²) < 4.78 is 6.99. The molecule has 2 rings (SSSR count). The number of halogens is 1. The van der Waals surface area contributed by atoms with E-state index in [4.69, 9.17) is 16.3 Å². The number of rotatable bonds is 4. The van der Waals surface area contributed by atoms with Crippen LogP contribution < -0.4 is 15.8 Å². The summed E-state index contributed by atoms with van der Waals surface area (Å²) >= 11 is 6.16. The van der Waals surface area contributed by atoms with Crippen LogP contribution in [0.15, 0.2) is 11.0 Å². The van der Waals surface area contributed by atoms with Gasteiger partial charge in [-0.15, -0.1) is 0 Å². The molecule has 1 N–H and O–H groups in total. The molecule has 1 unspecified atom stereocenters. The number of likely N-dealkylation sites (N-methyl/N-ethyl adjacent to an activating group) is 1. The average Bonchev–Trinajstić information content (AvgIpc) is 2.42. The highest BCUT2D eigenvalue weighted by molar-refractivity contribution is 6.33. The highest BCUT2D eigenvalue weighted by atomic mass is 35.5. The minimum Gasteiger partial charge on any atom is -0.373 e. The van der Waals surface area contributed by atoms with Gasteiger partial charge in [0.05, 0.1) is 24.6 Å². The van der Waals surface area contributed by atoms with Gasteiger partial charge < -0.3 is 15.0 Å². The summed E-state index contributed by atoms with van der Waals surface area (Å²) in [5.74, 6) is 0. The minimum absolute atomic E-state index is 0.100. The molecule has 1 aliphatic heterocycles. The van der Waals surface area contributed by atoms with Crippen molar-refractivity contribution in [2.45, 2.75) is 19.6 Å². The first-order valence-corrected chi connectivity index (χ1v) is 6.82. The molecule has 1 atom stereocenters. The minimum atomic E-state index is -0.238. The molecule has 19 heavy (non-hydrogen) atoms. The third kappa shape index (κ3) is 3.08. The van der Waals surface area contributed by atoms with Gasteiger partial charge in [0, 0.05) is 26.2 Å². The summed E-state index contributed by atoms with van der Waals surface area (Å²) in [4.78, 5) is 14.0. The SMILES string of the molecule is CCn1ncc(N2CCOC(CNC)C2)c(Cl)c1=O. The number of aryl methyl sites for hydroxylation is 1. The van der Waals surface area contributed by atoms with Crippen LogP contribution in [0.1, 0.15) is 6.92 Å². The number of aromatic nitrogens is 2. The lowest BCUT2D eigenvalue weighted by Crippen LogP contribution is -2.46. The Bertz CT molecular complexity index is 489. The summed E-state index contributed by atoms with van der Waals surface area (Å²) in [6, 6.07) is 0. The van der Waals surface area contributed by atoms with E-state index in [9.17, 15) is 4.79 Å². The Labute approximate surface area is 117 Å². The van der Waals surface area contributed by atoms with Crippen molar-refractivity contribution in [2.24, 2.45) is 0 Å². The van der Waals surface area contributed by atoms with Crippen molar-refractivity contribution in [1.82, 2.24) is 15.1 Å². The predicted molar refractivity (Wildman–Crippen MR) is 75.1 cm³/mol. The van der Waals surface area contributed by atoms with E-state index >= 15 is 0 Å². The lowest BCUT2D eigenvalue weighted by Gasteiger charge is -2.34. The van der Waals surface area contributed by atoms with Crippen LogP contribution in [0.3, 0.4) is 0 Å². The van der Waals surface area contributed by atoms with Crippen molar-refractivity contribution in [3.63, 3.8) is 0 Å². The van der Waals surface area contributed by atoms with Crippen LogP contribution in [0, 0.1) is 0 Å². The second kappa shape index (κ2) is 6.36. The van der Waals surface area contributed by atoms with E-state index in [0.717, 1.165) is 13.1 Å². The van der Waals surface area contributed by atoms with Crippen LogP contribution in [0.5, 0.6) is 0 Å². The fourth-order valence-electron chi connectivity index (χ4n) is 2.19. The van der Waals surface area contributed by atoms with E-state index in [1.54, 1.807) is 6.20 Å². The normalized spacial score (nSPS) is 19.7. The second-order valence-electron chi connectivity index (χ2n) is 4.46. The third-order valence-corrected chi connectivity index (χ3v) is 3.53. The van der Waals surface area contributed by atoms with Gasteiger partial charge in [0.25, 0.3) is 5.56 Å². The zero-order valence-corrected chi connectivity index (χ0v) is 12.0. The maximum atomic E-state index is 12.0. The van der Waals surface area contributed by atoms with Crippen molar-refractivity contribution < 1.29 is 4.74 Å². The Hall–Kier alpha value is -1.11. The largest absolute Gasteiger partial charge is 0.373 e. The molecule has 1 aliphatic rings. The molecular weight excluding hydrogens is 268 g/mol. The molecule has 0 aromatic carbocycles.